The number of aryl methyl sites for hydroxylation is 1. The summed E-state index contributed by atoms with van der Waals surface area (Å²) in [7, 11) is 0. The number of amides is 1. The summed E-state index contributed by atoms with van der Waals surface area (Å²) < 4.78 is 14.6. The third kappa shape index (κ3) is 2.45. The molecule has 108 valence electrons. The molecule has 0 aliphatic rings. The second-order valence-corrected chi connectivity index (χ2v) is 5.87. The molecular weight excluding hydrogens is 299 g/mol. The van der Waals surface area contributed by atoms with E-state index in [1.165, 1.54) is 17.4 Å². The number of fused-ring (bicyclic) bond motifs is 1. The van der Waals surface area contributed by atoms with Crippen LogP contribution in [-0.2, 0) is 0 Å². The predicted octanol–water partition coefficient (Wildman–Crippen LogP) is 4.47. The van der Waals surface area contributed by atoms with Gasteiger partial charge in [-0.05, 0) is 42.8 Å². The first-order valence-electron chi connectivity index (χ1n) is 6.59. The van der Waals surface area contributed by atoms with Crippen molar-refractivity contribution in [2.75, 3.05) is 5.32 Å². The summed E-state index contributed by atoms with van der Waals surface area (Å²) in [5.41, 5.74) is 1.64. The Kier molecular flexibility index (Phi) is 3.61. The number of halogens is 1. The smallest absolute Gasteiger partial charge is 0.266 e. The molecule has 3 nitrogen and oxygen atoms in total. The molecule has 3 rings (SSSR count). The van der Waals surface area contributed by atoms with Gasteiger partial charge in [0.1, 0.15) is 5.82 Å². The van der Waals surface area contributed by atoms with E-state index in [0.717, 1.165) is 4.70 Å². The summed E-state index contributed by atoms with van der Waals surface area (Å²) in [5, 5.41) is 12.1. The molecule has 0 saturated heterocycles. The van der Waals surface area contributed by atoms with E-state index in [0.29, 0.717) is 27.1 Å². The van der Waals surface area contributed by atoms with Crippen molar-refractivity contribution in [3.05, 3.63) is 64.3 Å². The van der Waals surface area contributed by atoms with Gasteiger partial charge in [-0.15, -0.1) is 11.3 Å². The maximum atomic E-state index is 13.9. The molecule has 0 aliphatic carbocycles. The molecule has 0 radical (unpaired) electrons. The van der Waals surface area contributed by atoms with Gasteiger partial charge in [-0.3, -0.25) is 4.79 Å². The molecule has 1 aromatic heterocycles. The molecule has 1 heterocycles. The number of nitrogens with zero attached hydrogens (tertiary/aromatic N) is 1. The summed E-state index contributed by atoms with van der Waals surface area (Å²) >= 11 is 1.26. The van der Waals surface area contributed by atoms with Crippen LogP contribution in [0.4, 0.5) is 10.1 Å². The maximum Gasteiger partial charge on any atom is 0.266 e. The number of benzene rings is 2. The van der Waals surface area contributed by atoms with Gasteiger partial charge in [-0.1, -0.05) is 12.1 Å². The Labute approximate surface area is 130 Å². The lowest BCUT2D eigenvalue weighted by Crippen LogP contribution is -2.11. The highest BCUT2D eigenvalue weighted by molar-refractivity contribution is 7.21. The van der Waals surface area contributed by atoms with Crippen LogP contribution in [0.15, 0.2) is 42.5 Å². The molecule has 1 N–H and O–H groups in total. The average Bonchev–Trinajstić information content (AvgIpc) is 2.86. The fourth-order valence-corrected chi connectivity index (χ4v) is 3.44. The van der Waals surface area contributed by atoms with E-state index in [2.05, 4.69) is 5.32 Å². The molecule has 0 saturated carbocycles. The van der Waals surface area contributed by atoms with E-state index in [4.69, 9.17) is 5.26 Å². The first-order chi connectivity index (χ1) is 10.6. The van der Waals surface area contributed by atoms with Crippen LogP contribution in [0, 0.1) is 24.1 Å². The molecule has 0 aliphatic heterocycles. The van der Waals surface area contributed by atoms with Crippen molar-refractivity contribution in [2.24, 2.45) is 0 Å². The van der Waals surface area contributed by atoms with Crippen molar-refractivity contribution in [1.82, 2.24) is 0 Å². The fraction of sp³-hybridized carbons (Fsp3) is 0.0588. The monoisotopic (exact) mass is 310 g/mol. The van der Waals surface area contributed by atoms with Crippen LogP contribution in [-0.4, -0.2) is 5.91 Å². The largest absolute Gasteiger partial charge is 0.321 e. The number of anilines is 1. The van der Waals surface area contributed by atoms with Crippen molar-refractivity contribution in [1.29, 1.82) is 5.26 Å². The first kappa shape index (κ1) is 14.2. The summed E-state index contributed by atoms with van der Waals surface area (Å²) in [6.07, 6.45) is 0. The predicted molar refractivity (Wildman–Crippen MR) is 85.6 cm³/mol. The van der Waals surface area contributed by atoms with E-state index in [-0.39, 0.29) is 11.7 Å². The number of nitriles is 1. The van der Waals surface area contributed by atoms with Gasteiger partial charge in [0.05, 0.1) is 16.5 Å². The van der Waals surface area contributed by atoms with E-state index in [9.17, 15) is 9.18 Å². The molecule has 22 heavy (non-hydrogen) atoms. The number of carbonyl (C=O) groups is 1. The van der Waals surface area contributed by atoms with Gasteiger partial charge in [0.2, 0.25) is 0 Å². The summed E-state index contributed by atoms with van der Waals surface area (Å²) in [4.78, 5) is 12.9. The quantitative estimate of drug-likeness (QED) is 0.759. The van der Waals surface area contributed by atoms with Crippen molar-refractivity contribution in [3.8, 4) is 6.07 Å². The lowest BCUT2D eigenvalue weighted by molar-refractivity contribution is 0.103. The Morgan fingerprint density at radius 1 is 1.27 bits per heavy atom. The third-order valence-corrected chi connectivity index (χ3v) is 4.61. The SMILES string of the molecule is Cc1c(C(=O)Nc2cccc(C#N)c2)sc2cccc(F)c12. The van der Waals surface area contributed by atoms with Gasteiger partial charge in [0.15, 0.2) is 0 Å². The van der Waals surface area contributed by atoms with Crippen LogP contribution in [0.1, 0.15) is 20.8 Å². The molecule has 0 spiro atoms. The third-order valence-electron chi connectivity index (χ3n) is 3.36. The Hall–Kier alpha value is -2.71. The van der Waals surface area contributed by atoms with Crippen LogP contribution in [0.3, 0.4) is 0 Å². The fourth-order valence-electron chi connectivity index (χ4n) is 2.32. The highest BCUT2D eigenvalue weighted by atomic mass is 32.1. The van der Waals surface area contributed by atoms with Gasteiger partial charge in [-0.25, -0.2) is 4.39 Å². The summed E-state index contributed by atoms with van der Waals surface area (Å²) in [5.74, 6) is -0.620. The Morgan fingerprint density at radius 3 is 2.77 bits per heavy atom. The molecular formula is C17H11FN2OS. The van der Waals surface area contributed by atoms with E-state index in [1.807, 2.05) is 6.07 Å². The molecule has 1 amide bonds. The first-order valence-corrected chi connectivity index (χ1v) is 7.41. The normalized spacial score (nSPS) is 10.4. The number of thiophene rings is 1. The summed E-state index contributed by atoms with van der Waals surface area (Å²) in [6.45, 7) is 1.74. The number of hydrogen-bond donors (Lipinski definition) is 1. The second-order valence-electron chi connectivity index (χ2n) is 4.82. The van der Waals surface area contributed by atoms with E-state index >= 15 is 0 Å². The van der Waals surface area contributed by atoms with Crippen molar-refractivity contribution < 1.29 is 9.18 Å². The average molecular weight is 310 g/mol. The van der Waals surface area contributed by atoms with Gasteiger partial charge in [0.25, 0.3) is 5.91 Å². The number of nitrogens with one attached hydrogen (secondary N) is 1. The van der Waals surface area contributed by atoms with Crippen LogP contribution in [0.25, 0.3) is 10.1 Å². The lowest BCUT2D eigenvalue weighted by Gasteiger charge is -2.04. The maximum absolute atomic E-state index is 13.9. The van der Waals surface area contributed by atoms with Gasteiger partial charge < -0.3 is 5.32 Å². The van der Waals surface area contributed by atoms with Crippen molar-refractivity contribution in [3.63, 3.8) is 0 Å². The minimum atomic E-state index is -0.322. The molecule has 0 fully saturated rings. The highest BCUT2D eigenvalue weighted by Crippen LogP contribution is 2.33. The Balaban J connectivity index is 1.97. The lowest BCUT2D eigenvalue weighted by atomic mass is 10.1. The second kappa shape index (κ2) is 5.58. The highest BCUT2D eigenvalue weighted by Gasteiger charge is 2.17. The molecule has 3 aromatic rings. The zero-order valence-corrected chi connectivity index (χ0v) is 12.5. The number of rotatable bonds is 2. The Morgan fingerprint density at radius 2 is 2.05 bits per heavy atom. The van der Waals surface area contributed by atoms with Gasteiger partial charge >= 0.3 is 0 Å². The molecule has 2 aromatic carbocycles. The van der Waals surface area contributed by atoms with E-state index < -0.39 is 0 Å². The van der Waals surface area contributed by atoms with Crippen molar-refractivity contribution >= 4 is 33.0 Å². The van der Waals surface area contributed by atoms with Gasteiger partial charge in [-0.2, -0.15) is 5.26 Å². The Bertz CT molecular complexity index is 924. The summed E-state index contributed by atoms with van der Waals surface area (Å²) in [6, 6.07) is 13.5. The van der Waals surface area contributed by atoms with Crippen LogP contribution >= 0.6 is 11.3 Å². The topological polar surface area (TPSA) is 52.9 Å². The van der Waals surface area contributed by atoms with Crippen LogP contribution in [0.5, 0.6) is 0 Å². The van der Waals surface area contributed by atoms with Crippen LogP contribution < -0.4 is 5.32 Å². The number of hydrogen-bond acceptors (Lipinski definition) is 3. The van der Waals surface area contributed by atoms with Crippen LogP contribution in [0.2, 0.25) is 0 Å². The minimum Gasteiger partial charge on any atom is -0.321 e. The molecule has 0 unspecified atom stereocenters. The number of carbonyl (C=O) groups excluding carboxylic acids is 1. The van der Waals surface area contributed by atoms with Gasteiger partial charge in [0, 0.05) is 15.8 Å². The molecule has 0 bridgehead atoms. The minimum absolute atomic E-state index is 0.298. The molecule has 5 heteroatoms. The zero-order chi connectivity index (χ0) is 15.7. The zero-order valence-electron chi connectivity index (χ0n) is 11.7. The van der Waals surface area contributed by atoms with Crippen molar-refractivity contribution in [2.45, 2.75) is 6.92 Å². The molecule has 0 atom stereocenters. The van der Waals surface area contributed by atoms with E-state index in [1.54, 1.807) is 43.3 Å². The standard InChI is InChI=1S/C17H11FN2OS/c1-10-15-13(18)6-3-7-14(15)22-16(10)17(21)20-12-5-2-4-11(8-12)9-19/h2-8H,1H3,(H,20,21).